The number of rotatable bonds is 7. The first-order valence-corrected chi connectivity index (χ1v) is 6.42. The number of amides is 1. The average molecular weight is 266 g/mol. The van der Waals surface area contributed by atoms with Gasteiger partial charge in [0, 0.05) is 6.54 Å². The van der Waals surface area contributed by atoms with Crippen LogP contribution in [0.15, 0.2) is 24.3 Å². The molecule has 0 aliphatic heterocycles. The van der Waals surface area contributed by atoms with Crippen molar-refractivity contribution in [1.29, 1.82) is 0 Å². The van der Waals surface area contributed by atoms with Crippen LogP contribution in [0.4, 0.5) is 0 Å². The molecule has 0 aromatic heterocycles. The van der Waals surface area contributed by atoms with Crippen LogP contribution in [0.25, 0.3) is 0 Å². The molecule has 0 radical (unpaired) electrons. The van der Waals surface area contributed by atoms with Crippen LogP contribution in [0.3, 0.4) is 0 Å². The minimum absolute atomic E-state index is 0.155. The Morgan fingerprint density at radius 1 is 1.37 bits per heavy atom. The van der Waals surface area contributed by atoms with E-state index in [0.717, 1.165) is 5.56 Å². The predicted molar refractivity (Wildman–Crippen MR) is 73.9 cm³/mol. The Hall–Kier alpha value is -1.59. The number of aromatic hydroxyl groups is 1. The number of ether oxygens (including phenoxy) is 1. The van der Waals surface area contributed by atoms with E-state index in [0.29, 0.717) is 19.6 Å². The van der Waals surface area contributed by atoms with Crippen molar-refractivity contribution in [1.82, 2.24) is 5.32 Å². The van der Waals surface area contributed by atoms with Crippen molar-refractivity contribution in [3.63, 3.8) is 0 Å². The maximum Gasteiger partial charge on any atom is 0.237 e. The van der Waals surface area contributed by atoms with E-state index >= 15 is 0 Å². The van der Waals surface area contributed by atoms with Gasteiger partial charge in [0.1, 0.15) is 5.75 Å². The van der Waals surface area contributed by atoms with Gasteiger partial charge >= 0.3 is 0 Å². The zero-order valence-corrected chi connectivity index (χ0v) is 11.4. The van der Waals surface area contributed by atoms with E-state index in [2.05, 4.69) is 5.32 Å². The second-order valence-electron chi connectivity index (χ2n) is 4.69. The highest BCUT2D eigenvalue weighted by Crippen LogP contribution is 2.10. The van der Waals surface area contributed by atoms with Crippen molar-refractivity contribution in [3.8, 4) is 5.75 Å². The molecule has 0 saturated heterocycles. The summed E-state index contributed by atoms with van der Waals surface area (Å²) in [6.45, 7) is 4.83. The summed E-state index contributed by atoms with van der Waals surface area (Å²) in [5.41, 5.74) is 6.73. The molecule has 0 heterocycles. The predicted octanol–water partition coefficient (Wildman–Crippen LogP) is 0.803. The number of benzene rings is 1. The number of nitrogens with two attached hydrogens (primary N) is 1. The van der Waals surface area contributed by atoms with E-state index in [9.17, 15) is 4.79 Å². The lowest BCUT2D eigenvalue weighted by atomic mass is 10.1. The molecule has 19 heavy (non-hydrogen) atoms. The summed E-state index contributed by atoms with van der Waals surface area (Å²) in [4.78, 5) is 11.7. The fourth-order valence-corrected chi connectivity index (χ4v) is 1.58. The molecule has 1 aromatic carbocycles. The molecule has 0 unspecified atom stereocenters. The third-order valence-corrected chi connectivity index (χ3v) is 2.58. The van der Waals surface area contributed by atoms with E-state index in [1.54, 1.807) is 24.3 Å². The summed E-state index contributed by atoms with van der Waals surface area (Å²) >= 11 is 0. The number of carbonyl (C=O) groups excluding carboxylic acids is 1. The smallest absolute Gasteiger partial charge is 0.237 e. The van der Waals surface area contributed by atoms with Crippen LogP contribution < -0.4 is 11.1 Å². The maximum absolute atomic E-state index is 11.7. The SMILES string of the molecule is CC(C)OCCNC(=O)[C@@H](N)Cc1ccc(O)cc1. The second kappa shape index (κ2) is 7.76. The minimum atomic E-state index is -0.594. The molecule has 0 aliphatic rings. The molecular weight excluding hydrogens is 244 g/mol. The van der Waals surface area contributed by atoms with E-state index in [1.807, 2.05) is 13.8 Å². The van der Waals surface area contributed by atoms with Crippen molar-refractivity contribution in [2.24, 2.45) is 5.73 Å². The van der Waals surface area contributed by atoms with Crippen LogP contribution >= 0.6 is 0 Å². The largest absolute Gasteiger partial charge is 0.508 e. The molecule has 5 heteroatoms. The fraction of sp³-hybridized carbons (Fsp3) is 0.500. The van der Waals surface area contributed by atoms with Gasteiger partial charge in [-0.2, -0.15) is 0 Å². The lowest BCUT2D eigenvalue weighted by Crippen LogP contribution is -2.43. The molecule has 0 aliphatic carbocycles. The lowest BCUT2D eigenvalue weighted by Gasteiger charge is -2.13. The lowest BCUT2D eigenvalue weighted by molar-refractivity contribution is -0.122. The monoisotopic (exact) mass is 266 g/mol. The number of hydrogen-bond donors (Lipinski definition) is 3. The first kappa shape index (κ1) is 15.5. The highest BCUT2D eigenvalue weighted by atomic mass is 16.5. The van der Waals surface area contributed by atoms with Gasteiger partial charge in [0.2, 0.25) is 5.91 Å². The van der Waals surface area contributed by atoms with Gasteiger partial charge in [-0.3, -0.25) is 4.79 Å². The zero-order valence-electron chi connectivity index (χ0n) is 11.4. The van der Waals surface area contributed by atoms with Crippen LogP contribution in [-0.2, 0) is 16.0 Å². The summed E-state index contributed by atoms with van der Waals surface area (Å²) in [6, 6.07) is 6.07. The first-order valence-electron chi connectivity index (χ1n) is 6.42. The normalized spacial score (nSPS) is 12.4. The molecule has 4 N–H and O–H groups in total. The summed E-state index contributed by atoms with van der Waals surface area (Å²) in [5, 5.41) is 11.9. The molecular formula is C14H22N2O3. The van der Waals surface area contributed by atoms with Crippen LogP contribution in [0.1, 0.15) is 19.4 Å². The molecule has 1 amide bonds. The third kappa shape index (κ3) is 6.22. The van der Waals surface area contributed by atoms with Gasteiger partial charge in [-0.1, -0.05) is 12.1 Å². The van der Waals surface area contributed by atoms with E-state index in [-0.39, 0.29) is 17.8 Å². The van der Waals surface area contributed by atoms with Crippen LogP contribution in [0.2, 0.25) is 0 Å². The fourth-order valence-electron chi connectivity index (χ4n) is 1.58. The van der Waals surface area contributed by atoms with Gasteiger partial charge in [0.15, 0.2) is 0 Å². The molecule has 1 atom stereocenters. The third-order valence-electron chi connectivity index (χ3n) is 2.58. The Morgan fingerprint density at radius 2 is 2.00 bits per heavy atom. The topological polar surface area (TPSA) is 84.6 Å². The number of hydrogen-bond acceptors (Lipinski definition) is 4. The Morgan fingerprint density at radius 3 is 2.58 bits per heavy atom. The molecule has 0 spiro atoms. The van der Waals surface area contributed by atoms with Gasteiger partial charge in [-0.05, 0) is 38.0 Å². The summed E-state index contributed by atoms with van der Waals surface area (Å²) in [6.07, 6.45) is 0.597. The molecule has 1 aromatic rings. The Kier molecular flexibility index (Phi) is 6.32. The molecule has 0 fully saturated rings. The van der Waals surface area contributed by atoms with Crippen molar-refractivity contribution in [2.45, 2.75) is 32.4 Å². The van der Waals surface area contributed by atoms with Gasteiger partial charge in [-0.25, -0.2) is 0 Å². The molecule has 106 valence electrons. The van der Waals surface area contributed by atoms with Crippen LogP contribution in [0.5, 0.6) is 5.75 Å². The van der Waals surface area contributed by atoms with E-state index in [1.165, 1.54) is 0 Å². The molecule has 1 rings (SSSR count). The van der Waals surface area contributed by atoms with Gasteiger partial charge in [0.25, 0.3) is 0 Å². The maximum atomic E-state index is 11.7. The highest BCUT2D eigenvalue weighted by molar-refractivity contribution is 5.81. The number of nitrogens with one attached hydrogen (secondary N) is 1. The van der Waals surface area contributed by atoms with Gasteiger partial charge in [-0.15, -0.1) is 0 Å². The van der Waals surface area contributed by atoms with Crippen LogP contribution in [-0.4, -0.2) is 36.3 Å². The summed E-state index contributed by atoms with van der Waals surface area (Å²) in [5.74, 6) is 0.00744. The van der Waals surface area contributed by atoms with Crippen molar-refractivity contribution >= 4 is 5.91 Å². The van der Waals surface area contributed by atoms with Gasteiger partial charge in [0.05, 0.1) is 18.8 Å². The second-order valence-corrected chi connectivity index (χ2v) is 4.69. The molecule has 5 nitrogen and oxygen atoms in total. The first-order chi connectivity index (χ1) is 8.99. The standard InChI is InChI=1S/C14H22N2O3/c1-10(2)19-8-7-16-14(18)13(15)9-11-3-5-12(17)6-4-11/h3-6,10,13,17H,7-9,15H2,1-2H3,(H,16,18)/t13-/m0/s1. The van der Waals surface area contributed by atoms with Crippen molar-refractivity contribution < 1.29 is 14.6 Å². The summed E-state index contributed by atoms with van der Waals surface area (Å²) < 4.78 is 5.32. The number of phenols is 1. The van der Waals surface area contributed by atoms with Crippen molar-refractivity contribution in [2.75, 3.05) is 13.2 Å². The van der Waals surface area contributed by atoms with E-state index in [4.69, 9.17) is 15.6 Å². The van der Waals surface area contributed by atoms with E-state index < -0.39 is 6.04 Å². The molecule has 0 bridgehead atoms. The minimum Gasteiger partial charge on any atom is -0.508 e. The summed E-state index contributed by atoms with van der Waals surface area (Å²) in [7, 11) is 0. The van der Waals surface area contributed by atoms with Crippen molar-refractivity contribution in [3.05, 3.63) is 29.8 Å². The Labute approximate surface area is 113 Å². The van der Waals surface area contributed by atoms with Crippen LogP contribution in [0, 0.1) is 0 Å². The van der Waals surface area contributed by atoms with Gasteiger partial charge < -0.3 is 20.9 Å². The number of carbonyl (C=O) groups is 1. The molecule has 0 saturated carbocycles. The number of phenolic OH excluding ortho intramolecular Hbond substituents is 1. The average Bonchev–Trinajstić information content (AvgIpc) is 2.36. The Bertz CT molecular complexity index is 390. The quantitative estimate of drug-likeness (QED) is 0.637. The zero-order chi connectivity index (χ0) is 14.3. The Balaban J connectivity index is 2.30. The highest BCUT2D eigenvalue weighted by Gasteiger charge is 2.13.